The zero-order chi connectivity index (χ0) is 19.7. The number of nitrogens with two attached hydrogens (primary N) is 2. The average molecular weight is 551 g/mol. The molecule has 0 saturated heterocycles. The molecule has 4 N–H and O–H groups in total. The fourth-order valence-corrected chi connectivity index (χ4v) is 4.58. The Labute approximate surface area is 189 Å². The van der Waals surface area contributed by atoms with E-state index in [2.05, 4.69) is 36.4 Å². The van der Waals surface area contributed by atoms with Crippen LogP contribution in [0.25, 0.3) is 6.08 Å². The second-order valence-corrected chi connectivity index (χ2v) is 7.63. The Morgan fingerprint density at radius 2 is 1.76 bits per heavy atom. The third-order valence-electron chi connectivity index (χ3n) is 5.80. The van der Waals surface area contributed by atoms with Gasteiger partial charge in [0.1, 0.15) is 0 Å². The summed E-state index contributed by atoms with van der Waals surface area (Å²) < 4.78 is 0. The van der Waals surface area contributed by atoms with E-state index in [9.17, 15) is 9.59 Å². The molecule has 0 saturated carbocycles. The van der Waals surface area contributed by atoms with E-state index in [0.717, 1.165) is 18.4 Å². The predicted molar refractivity (Wildman–Crippen MR) is 111 cm³/mol. The van der Waals surface area contributed by atoms with Gasteiger partial charge in [-0.25, -0.2) is 0 Å². The number of hydrogen-bond acceptors (Lipinski definition) is 2. The van der Waals surface area contributed by atoms with Gasteiger partial charge in [0.2, 0.25) is 11.8 Å². The van der Waals surface area contributed by atoms with Crippen LogP contribution in [0.1, 0.15) is 42.7 Å². The maximum absolute atomic E-state index is 11.6. The van der Waals surface area contributed by atoms with Crippen LogP contribution in [0.5, 0.6) is 0 Å². The summed E-state index contributed by atoms with van der Waals surface area (Å²) >= 11 is 0. The summed E-state index contributed by atoms with van der Waals surface area (Å²) in [5.74, 6) is -0.386. The van der Waals surface area contributed by atoms with Gasteiger partial charge < -0.3 is 11.5 Å². The molecule has 0 radical (unpaired) electrons. The number of benzene rings is 1. The molecule has 0 heterocycles. The average Bonchev–Trinajstić information content (AvgIpc) is 3.18. The monoisotopic (exact) mass is 552 g/mol. The Bertz CT molecular complexity index is 998. The minimum absolute atomic E-state index is 0. The third-order valence-corrected chi connectivity index (χ3v) is 5.80. The molecule has 0 spiro atoms. The quantitative estimate of drug-likeness (QED) is 0.508. The molecule has 5 heteroatoms. The van der Waals surface area contributed by atoms with E-state index in [0.29, 0.717) is 6.42 Å². The van der Waals surface area contributed by atoms with Crippen LogP contribution in [0.15, 0.2) is 76.9 Å². The molecule has 0 aliphatic heterocycles. The SMILES string of the molecule is NC(=O)CC1=C(CCC2=Cc3ccccc3C2CC(N)=O)C=C2C=CC=CC21.[Hf]. The Balaban J connectivity index is 0.00000240. The standard InChI is InChI=1S/C24H24N2O2.Hf/c25-23(27)13-21-17(11-15-5-1-3-7-19(15)21)9-10-18-12-16-6-2-4-8-20(16)22(18)14-24(26)28;/h1-8,11-12,19,22H,9-10,13-14H2,(H2,25,27)(H2,26,28);. The molecular formula is C24H24HfN2O2. The van der Waals surface area contributed by atoms with E-state index >= 15 is 0 Å². The molecule has 3 aliphatic rings. The van der Waals surface area contributed by atoms with Crippen molar-refractivity contribution in [3.05, 3.63) is 88.1 Å². The van der Waals surface area contributed by atoms with Crippen molar-refractivity contribution in [3.8, 4) is 0 Å². The molecule has 2 atom stereocenters. The van der Waals surface area contributed by atoms with E-state index in [1.807, 2.05) is 24.3 Å². The molecule has 3 aliphatic carbocycles. The van der Waals surface area contributed by atoms with Crippen LogP contribution in [0.3, 0.4) is 0 Å². The summed E-state index contributed by atoms with van der Waals surface area (Å²) in [6.45, 7) is 0. The van der Waals surface area contributed by atoms with E-state index in [1.165, 1.54) is 27.8 Å². The first-order chi connectivity index (χ1) is 13.5. The van der Waals surface area contributed by atoms with E-state index in [4.69, 9.17) is 11.5 Å². The number of fused-ring (bicyclic) bond motifs is 2. The van der Waals surface area contributed by atoms with Gasteiger partial charge in [-0.05, 0) is 40.7 Å². The van der Waals surface area contributed by atoms with Gasteiger partial charge in [-0.1, -0.05) is 66.3 Å². The topological polar surface area (TPSA) is 86.2 Å². The molecule has 0 aromatic heterocycles. The molecule has 4 nitrogen and oxygen atoms in total. The number of hydrogen-bond donors (Lipinski definition) is 2. The van der Waals surface area contributed by atoms with Crippen molar-refractivity contribution in [2.45, 2.75) is 31.6 Å². The van der Waals surface area contributed by atoms with Crippen LogP contribution in [-0.4, -0.2) is 11.8 Å². The van der Waals surface area contributed by atoms with Crippen LogP contribution < -0.4 is 11.5 Å². The Hall–Kier alpha value is -2.27. The van der Waals surface area contributed by atoms with Gasteiger partial charge in [0.05, 0.1) is 0 Å². The van der Waals surface area contributed by atoms with Crippen molar-refractivity contribution >= 4 is 17.9 Å². The van der Waals surface area contributed by atoms with Crippen molar-refractivity contribution in [2.75, 3.05) is 0 Å². The number of carbonyl (C=O) groups excluding carboxylic acids is 2. The maximum Gasteiger partial charge on any atom is 0.221 e. The van der Waals surface area contributed by atoms with Crippen LogP contribution in [0.2, 0.25) is 0 Å². The number of rotatable bonds is 7. The third kappa shape index (κ3) is 4.50. The predicted octanol–water partition coefficient (Wildman–Crippen LogP) is 3.67. The van der Waals surface area contributed by atoms with Gasteiger partial charge in [0, 0.05) is 50.5 Å². The molecule has 0 fully saturated rings. The summed E-state index contributed by atoms with van der Waals surface area (Å²) in [7, 11) is 0. The second-order valence-electron chi connectivity index (χ2n) is 7.63. The van der Waals surface area contributed by atoms with Gasteiger partial charge >= 0.3 is 0 Å². The minimum atomic E-state index is -0.302. The van der Waals surface area contributed by atoms with Gasteiger partial charge in [0.15, 0.2) is 0 Å². The van der Waals surface area contributed by atoms with Crippen molar-refractivity contribution in [1.82, 2.24) is 0 Å². The molecule has 4 rings (SSSR count). The number of amides is 2. The van der Waals surface area contributed by atoms with Crippen LogP contribution in [-0.2, 0) is 35.4 Å². The number of carbonyl (C=O) groups is 2. The van der Waals surface area contributed by atoms with Gasteiger partial charge in [-0.2, -0.15) is 0 Å². The normalized spacial score (nSPS) is 21.2. The second kappa shape index (κ2) is 9.04. The molecule has 0 bridgehead atoms. The number of primary amides is 2. The summed E-state index contributed by atoms with van der Waals surface area (Å²) in [5.41, 5.74) is 18.1. The first-order valence-electron chi connectivity index (χ1n) is 9.67. The number of allylic oxidation sites excluding steroid dienone is 8. The zero-order valence-corrected chi connectivity index (χ0v) is 19.8. The summed E-state index contributed by atoms with van der Waals surface area (Å²) in [4.78, 5) is 23.2. The van der Waals surface area contributed by atoms with Gasteiger partial charge in [-0.3, -0.25) is 9.59 Å². The van der Waals surface area contributed by atoms with Crippen molar-refractivity contribution in [1.29, 1.82) is 0 Å². The maximum atomic E-state index is 11.6. The fourth-order valence-electron chi connectivity index (χ4n) is 4.58. The van der Waals surface area contributed by atoms with Crippen LogP contribution >= 0.6 is 0 Å². The fraction of sp³-hybridized carbons (Fsp3) is 0.250. The minimum Gasteiger partial charge on any atom is -0.370 e. The molecule has 29 heavy (non-hydrogen) atoms. The summed E-state index contributed by atoms with van der Waals surface area (Å²) in [6.07, 6.45) is 14.9. The van der Waals surface area contributed by atoms with Gasteiger partial charge in [-0.15, -0.1) is 0 Å². The first-order valence-corrected chi connectivity index (χ1v) is 9.67. The van der Waals surface area contributed by atoms with Crippen molar-refractivity contribution in [2.24, 2.45) is 17.4 Å². The van der Waals surface area contributed by atoms with E-state index < -0.39 is 0 Å². The molecule has 146 valence electrons. The van der Waals surface area contributed by atoms with Crippen LogP contribution in [0.4, 0.5) is 0 Å². The molecular weight excluding hydrogens is 527 g/mol. The Morgan fingerprint density at radius 3 is 2.52 bits per heavy atom. The van der Waals surface area contributed by atoms with Gasteiger partial charge in [0.25, 0.3) is 0 Å². The van der Waals surface area contributed by atoms with Crippen molar-refractivity contribution < 1.29 is 35.4 Å². The van der Waals surface area contributed by atoms with E-state index in [-0.39, 0.29) is 55.9 Å². The van der Waals surface area contributed by atoms with E-state index in [1.54, 1.807) is 0 Å². The van der Waals surface area contributed by atoms with Crippen LogP contribution in [0, 0.1) is 5.92 Å². The Kier molecular flexibility index (Phi) is 6.68. The molecule has 2 unspecified atom stereocenters. The largest absolute Gasteiger partial charge is 0.370 e. The first kappa shape index (κ1) is 21.4. The summed E-state index contributed by atoms with van der Waals surface area (Å²) in [6, 6.07) is 8.17. The molecule has 1 aromatic carbocycles. The smallest absolute Gasteiger partial charge is 0.221 e. The summed E-state index contributed by atoms with van der Waals surface area (Å²) in [5, 5.41) is 0. The Morgan fingerprint density at radius 1 is 0.966 bits per heavy atom. The molecule has 2 amide bonds. The van der Waals surface area contributed by atoms with Crippen molar-refractivity contribution in [3.63, 3.8) is 0 Å². The molecule has 1 aromatic rings. The zero-order valence-electron chi connectivity index (χ0n) is 16.2.